The molecular formula is C25H20N2O3S. The Hall–Kier alpha value is -3.64. The molecule has 3 aromatic carbocycles. The van der Waals surface area contributed by atoms with E-state index in [1.807, 2.05) is 48.5 Å². The third-order valence-electron chi connectivity index (χ3n) is 5.19. The van der Waals surface area contributed by atoms with Gasteiger partial charge in [0.15, 0.2) is 5.13 Å². The van der Waals surface area contributed by atoms with Crippen LogP contribution in [0.1, 0.15) is 11.3 Å². The van der Waals surface area contributed by atoms with Crippen LogP contribution in [0.5, 0.6) is 5.75 Å². The Morgan fingerprint density at radius 1 is 1.03 bits per heavy atom. The predicted octanol–water partition coefficient (Wildman–Crippen LogP) is 5.83. The minimum atomic E-state index is -0.0373. The molecular weight excluding hydrogens is 408 g/mol. The van der Waals surface area contributed by atoms with Crippen LogP contribution in [-0.2, 0) is 17.8 Å². The molecule has 0 saturated carbocycles. The number of benzene rings is 3. The van der Waals surface area contributed by atoms with E-state index < -0.39 is 0 Å². The first-order valence-corrected chi connectivity index (χ1v) is 10.8. The number of methoxy groups -OCH3 is 1. The Kier molecular flexibility index (Phi) is 5.14. The lowest BCUT2D eigenvalue weighted by molar-refractivity contribution is -0.118. The van der Waals surface area contributed by atoms with Crippen LogP contribution in [0.4, 0.5) is 5.13 Å². The van der Waals surface area contributed by atoms with Gasteiger partial charge in [-0.05, 0) is 40.6 Å². The van der Waals surface area contributed by atoms with Crippen LogP contribution in [0.3, 0.4) is 0 Å². The van der Waals surface area contributed by atoms with Crippen molar-refractivity contribution in [2.75, 3.05) is 12.0 Å². The summed E-state index contributed by atoms with van der Waals surface area (Å²) in [5, 5.41) is 2.90. The second-order valence-corrected chi connectivity index (χ2v) is 8.23. The van der Waals surface area contributed by atoms with Gasteiger partial charge in [-0.3, -0.25) is 9.69 Å². The molecule has 2 aromatic heterocycles. The smallest absolute Gasteiger partial charge is 0.233 e. The highest BCUT2D eigenvalue weighted by molar-refractivity contribution is 7.22. The largest absolute Gasteiger partial charge is 0.494 e. The molecule has 5 nitrogen and oxygen atoms in total. The van der Waals surface area contributed by atoms with Crippen molar-refractivity contribution < 1.29 is 13.9 Å². The molecule has 0 saturated heterocycles. The van der Waals surface area contributed by atoms with Crippen LogP contribution >= 0.6 is 11.3 Å². The lowest BCUT2D eigenvalue weighted by Gasteiger charge is -2.19. The number of hydrogen-bond acceptors (Lipinski definition) is 5. The van der Waals surface area contributed by atoms with Gasteiger partial charge in [0, 0.05) is 0 Å². The van der Waals surface area contributed by atoms with E-state index in [9.17, 15) is 4.79 Å². The highest BCUT2D eigenvalue weighted by atomic mass is 32.1. The van der Waals surface area contributed by atoms with Gasteiger partial charge >= 0.3 is 0 Å². The summed E-state index contributed by atoms with van der Waals surface area (Å²) in [6.45, 7) is 0.321. The molecule has 0 fully saturated rings. The SMILES string of the molecule is COc1cccc2sc(N(Cc3ccco3)C(=O)Cc3ccc4ccccc4c3)nc12. The second-order valence-electron chi connectivity index (χ2n) is 7.22. The summed E-state index contributed by atoms with van der Waals surface area (Å²) in [5.41, 5.74) is 1.72. The number of hydrogen-bond donors (Lipinski definition) is 0. The average Bonchev–Trinajstić information content (AvgIpc) is 3.46. The van der Waals surface area contributed by atoms with E-state index in [1.165, 1.54) is 11.3 Å². The molecule has 1 amide bonds. The Morgan fingerprint density at radius 2 is 1.90 bits per heavy atom. The number of amides is 1. The van der Waals surface area contributed by atoms with Crippen molar-refractivity contribution in [1.29, 1.82) is 0 Å². The first-order chi connectivity index (χ1) is 15.2. The summed E-state index contributed by atoms with van der Waals surface area (Å²) in [5.74, 6) is 1.36. The molecule has 0 aliphatic carbocycles. The number of para-hydroxylation sites is 1. The number of carbonyl (C=O) groups excluding carboxylic acids is 1. The maximum Gasteiger partial charge on any atom is 0.233 e. The van der Waals surface area contributed by atoms with Crippen molar-refractivity contribution >= 4 is 43.4 Å². The van der Waals surface area contributed by atoms with Crippen molar-refractivity contribution in [2.45, 2.75) is 13.0 Å². The van der Waals surface area contributed by atoms with Gasteiger partial charge in [-0.25, -0.2) is 4.98 Å². The number of nitrogens with zero attached hydrogens (tertiary/aromatic N) is 2. The van der Waals surface area contributed by atoms with Crippen LogP contribution in [0.2, 0.25) is 0 Å². The molecule has 0 aliphatic rings. The van der Waals surface area contributed by atoms with Gasteiger partial charge in [0.25, 0.3) is 0 Å². The summed E-state index contributed by atoms with van der Waals surface area (Å²) in [6.07, 6.45) is 1.89. The van der Waals surface area contributed by atoms with Crippen LogP contribution in [0.25, 0.3) is 21.0 Å². The number of thiazole rings is 1. The number of aromatic nitrogens is 1. The van der Waals surface area contributed by atoms with Gasteiger partial charge in [-0.2, -0.15) is 0 Å². The molecule has 0 N–H and O–H groups in total. The number of anilines is 1. The van der Waals surface area contributed by atoms with Crippen LogP contribution in [-0.4, -0.2) is 18.0 Å². The summed E-state index contributed by atoms with van der Waals surface area (Å²) in [6, 6.07) is 23.7. The van der Waals surface area contributed by atoms with Crippen LogP contribution in [0.15, 0.2) is 83.5 Å². The normalized spacial score (nSPS) is 11.1. The average molecular weight is 429 g/mol. The number of carbonyl (C=O) groups is 1. The van der Waals surface area contributed by atoms with Crippen LogP contribution < -0.4 is 9.64 Å². The molecule has 0 radical (unpaired) electrons. The van der Waals surface area contributed by atoms with Crippen LogP contribution in [0, 0.1) is 0 Å². The van der Waals surface area contributed by atoms with E-state index in [-0.39, 0.29) is 12.3 Å². The molecule has 0 atom stereocenters. The molecule has 154 valence electrons. The summed E-state index contributed by atoms with van der Waals surface area (Å²) < 4.78 is 11.9. The van der Waals surface area contributed by atoms with E-state index in [4.69, 9.17) is 14.1 Å². The lowest BCUT2D eigenvalue weighted by atomic mass is 10.0. The Balaban J connectivity index is 1.50. The molecule has 5 aromatic rings. The Labute approximate surface area is 183 Å². The lowest BCUT2D eigenvalue weighted by Crippen LogP contribution is -2.31. The summed E-state index contributed by atoms with van der Waals surface area (Å²) in [7, 11) is 1.62. The standard InChI is InChI=1S/C25H20N2O3S/c1-29-21-9-4-10-22-24(21)26-25(31-22)27(16-20-8-5-13-30-20)23(28)15-17-11-12-18-6-2-3-7-19(18)14-17/h2-14H,15-16H2,1H3. The third-order valence-corrected chi connectivity index (χ3v) is 6.23. The Bertz CT molecular complexity index is 1360. The number of rotatable bonds is 6. The molecule has 0 aliphatic heterocycles. The fourth-order valence-corrected chi connectivity index (χ4v) is 4.63. The maximum atomic E-state index is 13.4. The molecule has 0 unspecified atom stereocenters. The first-order valence-electron chi connectivity index (χ1n) is 9.95. The number of furan rings is 1. The fourth-order valence-electron chi connectivity index (χ4n) is 3.63. The van der Waals surface area contributed by atoms with E-state index in [1.54, 1.807) is 18.3 Å². The quantitative estimate of drug-likeness (QED) is 0.342. The minimum absolute atomic E-state index is 0.0373. The number of ether oxygens (including phenoxy) is 1. The highest BCUT2D eigenvalue weighted by Crippen LogP contribution is 2.35. The van der Waals surface area contributed by atoms with Gasteiger partial charge in [0.2, 0.25) is 5.91 Å². The molecule has 2 heterocycles. The maximum absolute atomic E-state index is 13.4. The summed E-state index contributed by atoms with van der Waals surface area (Å²) >= 11 is 1.47. The van der Waals surface area contributed by atoms with Crippen molar-refractivity contribution in [3.8, 4) is 5.75 Å². The van der Waals surface area contributed by atoms with Gasteiger partial charge in [0.1, 0.15) is 17.0 Å². The monoisotopic (exact) mass is 428 g/mol. The first kappa shape index (κ1) is 19.3. The zero-order valence-corrected chi connectivity index (χ0v) is 17.8. The van der Waals surface area contributed by atoms with E-state index in [0.717, 1.165) is 26.6 Å². The molecule has 31 heavy (non-hydrogen) atoms. The predicted molar refractivity (Wildman–Crippen MR) is 124 cm³/mol. The van der Waals surface area contributed by atoms with Gasteiger partial charge in [-0.15, -0.1) is 0 Å². The van der Waals surface area contributed by atoms with Gasteiger partial charge in [-0.1, -0.05) is 59.9 Å². The van der Waals surface area contributed by atoms with Crippen molar-refractivity contribution in [3.05, 3.63) is 90.4 Å². The van der Waals surface area contributed by atoms with E-state index >= 15 is 0 Å². The molecule has 0 spiro atoms. The Morgan fingerprint density at radius 3 is 2.71 bits per heavy atom. The van der Waals surface area contributed by atoms with Gasteiger partial charge < -0.3 is 9.15 Å². The fraction of sp³-hybridized carbons (Fsp3) is 0.120. The minimum Gasteiger partial charge on any atom is -0.494 e. The molecule has 5 rings (SSSR count). The topological polar surface area (TPSA) is 55.6 Å². The summed E-state index contributed by atoms with van der Waals surface area (Å²) in [4.78, 5) is 19.9. The molecule has 6 heteroatoms. The van der Waals surface area contributed by atoms with E-state index in [0.29, 0.717) is 23.2 Å². The second kappa shape index (κ2) is 8.24. The highest BCUT2D eigenvalue weighted by Gasteiger charge is 2.22. The third kappa shape index (κ3) is 3.90. The van der Waals surface area contributed by atoms with Gasteiger partial charge in [0.05, 0.1) is 31.0 Å². The van der Waals surface area contributed by atoms with Crippen molar-refractivity contribution in [3.63, 3.8) is 0 Å². The van der Waals surface area contributed by atoms with Crippen molar-refractivity contribution in [2.24, 2.45) is 0 Å². The number of fused-ring (bicyclic) bond motifs is 2. The van der Waals surface area contributed by atoms with Crippen molar-refractivity contribution in [1.82, 2.24) is 4.98 Å². The zero-order chi connectivity index (χ0) is 21.2. The molecule has 0 bridgehead atoms. The zero-order valence-electron chi connectivity index (χ0n) is 16.9. The van der Waals surface area contributed by atoms with E-state index in [2.05, 4.69) is 24.3 Å².